The van der Waals surface area contributed by atoms with Crippen LogP contribution < -0.4 is 0 Å². The number of aromatic amines is 1. The Hall–Kier alpha value is -2.27. The molecular formula is C13H8N4S. The van der Waals surface area contributed by atoms with E-state index in [1.165, 1.54) is 10.1 Å². The molecule has 0 fully saturated rings. The monoisotopic (exact) mass is 252 g/mol. The first kappa shape index (κ1) is 9.73. The van der Waals surface area contributed by atoms with Gasteiger partial charge in [0.05, 0.1) is 10.4 Å². The number of hydrogen-bond donors (Lipinski definition) is 1. The first-order valence-corrected chi connectivity index (χ1v) is 6.39. The molecular weight excluding hydrogens is 244 g/mol. The topological polar surface area (TPSA) is 54.5 Å². The van der Waals surface area contributed by atoms with Gasteiger partial charge in [0.1, 0.15) is 11.2 Å². The zero-order valence-corrected chi connectivity index (χ0v) is 10.1. The fraction of sp³-hybridized carbons (Fsp3) is 0. The Morgan fingerprint density at radius 2 is 2.00 bits per heavy atom. The van der Waals surface area contributed by atoms with Crippen LogP contribution >= 0.6 is 11.3 Å². The Kier molecular flexibility index (Phi) is 1.95. The normalized spacial score (nSPS) is 11.3. The molecule has 0 saturated carbocycles. The van der Waals surface area contributed by atoms with Gasteiger partial charge in [-0.1, -0.05) is 18.2 Å². The molecule has 4 aromatic rings. The maximum atomic E-state index is 4.16. The summed E-state index contributed by atoms with van der Waals surface area (Å²) in [5.41, 5.74) is 2.65. The molecule has 3 heterocycles. The molecule has 4 nitrogen and oxygen atoms in total. The van der Waals surface area contributed by atoms with E-state index in [9.17, 15) is 0 Å². The molecule has 0 aliphatic heterocycles. The second kappa shape index (κ2) is 3.61. The van der Waals surface area contributed by atoms with Crippen LogP contribution in [0.4, 0.5) is 0 Å². The minimum Gasteiger partial charge on any atom is -0.358 e. The van der Waals surface area contributed by atoms with Gasteiger partial charge in [-0.3, -0.25) is 0 Å². The average Bonchev–Trinajstić information content (AvgIpc) is 3.04. The lowest BCUT2D eigenvalue weighted by molar-refractivity contribution is 0.901. The van der Waals surface area contributed by atoms with Crippen molar-refractivity contribution < 1.29 is 0 Å². The van der Waals surface area contributed by atoms with Crippen molar-refractivity contribution in [3.63, 3.8) is 0 Å². The predicted octanol–water partition coefficient (Wildman–Crippen LogP) is 3.23. The summed E-state index contributed by atoms with van der Waals surface area (Å²) in [7, 11) is 0. The molecule has 0 radical (unpaired) electrons. The van der Waals surface area contributed by atoms with Crippen molar-refractivity contribution in [3.8, 4) is 10.6 Å². The van der Waals surface area contributed by atoms with Gasteiger partial charge in [-0.05, 0) is 28.8 Å². The number of benzene rings is 1. The van der Waals surface area contributed by atoms with Gasteiger partial charge in [0, 0.05) is 10.9 Å². The summed E-state index contributed by atoms with van der Waals surface area (Å²) in [4.78, 5) is 4.28. The lowest BCUT2D eigenvalue weighted by atomic mass is 10.2. The fourth-order valence-corrected chi connectivity index (χ4v) is 3.12. The van der Waals surface area contributed by atoms with Gasteiger partial charge in [0.2, 0.25) is 0 Å². The highest BCUT2D eigenvalue weighted by Crippen LogP contribution is 2.34. The van der Waals surface area contributed by atoms with E-state index in [0.717, 1.165) is 21.6 Å². The van der Waals surface area contributed by atoms with Crippen molar-refractivity contribution in [2.45, 2.75) is 0 Å². The molecule has 0 spiro atoms. The minimum atomic E-state index is 0.845. The van der Waals surface area contributed by atoms with Gasteiger partial charge in [0.15, 0.2) is 0 Å². The molecule has 0 aliphatic carbocycles. The van der Waals surface area contributed by atoms with Gasteiger partial charge in [-0.15, -0.1) is 21.5 Å². The van der Waals surface area contributed by atoms with Crippen LogP contribution in [0.15, 0.2) is 42.6 Å². The molecule has 0 atom stereocenters. The van der Waals surface area contributed by atoms with Crippen LogP contribution in [0.2, 0.25) is 0 Å². The highest BCUT2D eigenvalue weighted by Gasteiger charge is 2.11. The van der Waals surface area contributed by atoms with Crippen LogP contribution in [0.25, 0.3) is 31.7 Å². The molecule has 0 saturated heterocycles. The summed E-state index contributed by atoms with van der Waals surface area (Å²) in [6, 6.07) is 12.4. The third kappa shape index (κ3) is 1.34. The van der Waals surface area contributed by atoms with Crippen molar-refractivity contribution in [1.82, 2.24) is 20.4 Å². The summed E-state index contributed by atoms with van der Waals surface area (Å²) in [6.07, 6.45) is 1.86. The highest BCUT2D eigenvalue weighted by atomic mass is 32.1. The fourth-order valence-electron chi connectivity index (χ4n) is 2.07. The SMILES string of the molecule is c1ccc2sc(-c3nnnc4cc[nH]c34)cc2c1. The second-order valence-electron chi connectivity index (χ2n) is 4.02. The molecule has 1 N–H and O–H groups in total. The van der Waals surface area contributed by atoms with Crippen LogP contribution in [-0.2, 0) is 0 Å². The van der Waals surface area contributed by atoms with Gasteiger partial charge in [0.25, 0.3) is 0 Å². The first-order valence-electron chi connectivity index (χ1n) is 5.57. The maximum absolute atomic E-state index is 4.16. The number of thiophene rings is 1. The number of aromatic nitrogens is 4. The average molecular weight is 252 g/mol. The second-order valence-corrected chi connectivity index (χ2v) is 5.11. The predicted molar refractivity (Wildman–Crippen MR) is 72.5 cm³/mol. The number of fused-ring (bicyclic) bond motifs is 2. The van der Waals surface area contributed by atoms with E-state index in [-0.39, 0.29) is 0 Å². The molecule has 1 aromatic carbocycles. The number of nitrogens with zero attached hydrogens (tertiary/aromatic N) is 3. The molecule has 0 bridgehead atoms. The van der Waals surface area contributed by atoms with Crippen LogP contribution in [-0.4, -0.2) is 20.4 Å². The molecule has 3 aromatic heterocycles. The largest absolute Gasteiger partial charge is 0.358 e. The zero-order valence-electron chi connectivity index (χ0n) is 9.29. The first-order chi connectivity index (χ1) is 8.92. The van der Waals surface area contributed by atoms with E-state index in [0.29, 0.717) is 0 Å². The minimum absolute atomic E-state index is 0.845. The van der Waals surface area contributed by atoms with E-state index < -0.39 is 0 Å². The van der Waals surface area contributed by atoms with Crippen LogP contribution in [0.3, 0.4) is 0 Å². The summed E-state index contributed by atoms with van der Waals surface area (Å²) in [6.45, 7) is 0. The van der Waals surface area contributed by atoms with Crippen molar-refractivity contribution in [2.24, 2.45) is 0 Å². The molecule has 86 valence electrons. The lowest BCUT2D eigenvalue weighted by Gasteiger charge is -1.95. The van der Waals surface area contributed by atoms with E-state index in [1.807, 2.05) is 24.4 Å². The van der Waals surface area contributed by atoms with E-state index in [4.69, 9.17) is 0 Å². The van der Waals surface area contributed by atoms with Gasteiger partial charge >= 0.3 is 0 Å². The summed E-state index contributed by atoms with van der Waals surface area (Å²) >= 11 is 1.72. The number of nitrogens with one attached hydrogen (secondary N) is 1. The van der Waals surface area contributed by atoms with Gasteiger partial charge < -0.3 is 4.98 Å². The summed E-state index contributed by atoms with van der Waals surface area (Å²) < 4.78 is 1.26. The third-order valence-corrected chi connectivity index (χ3v) is 4.04. The standard InChI is InChI=1S/C13H8N4S/c1-2-4-10-8(3-1)7-11(18-10)13-12-9(5-6-14-12)15-17-16-13/h1-7,14H. The van der Waals surface area contributed by atoms with Crippen molar-refractivity contribution in [3.05, 3.63) is 42.6 Å². The summed E-state index contributed by atoms with van der Waals surface area (Å²) in [5.74, 6) is 0. The van der Waals surface area contributed by atoms with Gasteiger partial charge in [-0.25, -0.2) is 0 Å². The molecule has 0 aliphatic rings. The third-order valence-electron chi connectivity index (χ3n) is 2.92. The van der Waals surface area contributed by atoms with Crippen molar-refractivity contribution in [1.29, 1.82) is 0 Å². The number of H-pyrrole nitrogens is 1. The Morgan fingerprint density at radius 1 is 1.06 bits per heavy atom. The molecule has 4 rings (SSSR count). The van der Waals surface area contributed by atoms with Crippen molar-refractivity contribution in [2.75, 3.05) is 0 Å². The van der Waals surface area contributed by atoms with E-state index >= 15 is 0 Å². The van der Waals surface area contributed by atoms with E-state index in [2.05, 4.69) is 38.6 Å². The highest BCUT2D eigenvalue weighted by molar-refractivity contribution is 7.22. The van der Waals surface area contributed by atoms with E-state index in [1.54, 1.807) is 11.3 Å². The number of rotatable bonds is 1. The Bertz CT molecular complexity index is 813. The molecule has 0 amide bonds. The lowest BCUT2D eigenvalue weighted by Crippen LogP contribution is -1.90. The Labute approximate surface area is 106 Å². The number of hydrogen-bond acceptors (Lipinski definition) is 4. The van der Waals surface area contributed by atoms with Crippen molar-refractivity contribution >= 4 is 32.5 Å². The quantitative estimate of drug-likeness (QED) is 0.566. The zero-order chi connectivity index (χ0) is 11.9. The molecule has 18 heavy (non-hydrogen) atoms. The van der Waals surface area contributed by atoms with Crippen LogP contribution in [0.5, 0.6) is 0 Å². The van der Waals surface area contributed by atoms with Crippen LogP contribution in [0, 0.1) is 0 Å². The van der Waals surface area contributed by atoms with Crippen LogP contribution in [0.1, 0.15) is 0 Å². The Morgan fingerprint density at radius 3 is 2.94 bits per heavy atom. The molecule has 5 heteroatoms. The van der Waals surface area contributed by atoms with Gasteiger partial charge in [-0.2, -0.15) is 0 Å². The smallest absolute Gasteiger partial charge is 0.130 e. The Balaban J connectivity index is 2.04. The molecule has 0 unspecified atom stereocenters. The summed E-state index contributed by atoms with van der Waals surface area (Å²) in [5, 5.41) is 13.2. The maximum Gasteiger partial charge on any atom is 0.130 e.